The van der Waals surface area contributed by atoms with Crippen LogP contribution in [0.25, 0.3) is 11.1 Å². The molecule has 0 aliphatic heterocycles. The van der Waals surface area contributed by atoms with E-state index in [0.29, 0.717) is 23.1 Å². The van der Waals surface area contributed by atoms with Gasteiger partial charge in [0.15, 0.2) is 13.2 Å². The smallest absolute Gasteiger partial charge is 0.258 e. The molecule has 6 nitrogen and oxygen atoms in total. The van der Waals surface area contributed by atoms with Crippen LogP contribution in [0.1, 0.15) is 5.56 Å². The predicted octanol–water partition coefficient (Wildman–Crippen LogP) is 3.57. The number of hydrogen-bond acceptors (Lipinski definition) is 4. The van der Waals surface area contributed by atoms with Crippen LogP contribution in [0.15, 0.2) is 72.8 Å². The van der Waals surface area contributed by atoms with E-state index in [1.54, 1.807) is 30.3 Å². The van der Waals surface area contributed by atoms with Crippen molar-refractivity contribution in [2.75, 3.05) is 13.2 Å². The topological polar surface area (TPSA) is 90.7 Å². The van der Waals surface area contributed by atoms with E-state index >= 15 is 0 Å². The Morgan fingerprint density at radius 1 is 0.867 bits per heavy atom. The largest absolute Gasteiger partial charge is 0.484 e. The fourth-order valence-corrected chi connectivity index (χ4v) is 2.92. The zero-order valence-corrected chi connectivity index (χ0v) is 16.9. The summed E-state index contributed by atoms with van der Waals surface area (Å²) in [5.74, 6) is 0.164. The Balaban J connectivity index is 1.47. The van der Waals surface area contributed by atoms with E-state index in [9.17, 15) is 9.59 Å². The number of benzene rings is 3. The molecule has 0 unspecified atom stereocenters. The van der Waals surface area contributed by atoms with E-state index in [0.717, 1.165) is 16.7 Å². The molecule has 0 aliphatic rings. The molecule has 0 spiro atoms. The van der Waals surface area contributed by atoms with Crippen molar-refractivity contribution in [2.45, 2.75) is 6.54 Å². The normalized spacial score (nSPS) is 10.3. The maximum atomic E-state index is 12.1. The highest BCUT2D eigenvalue weighted by Crippen LogP contribution is 2.30. The number of hydrogen-bond donors (Lipinski definition) is 2. The van der Waals surface area contributed by atoms with E-state index in [-0.39, 0.29) is 19.1 Å². The number of ether oxygens (including phenoxy) is 2. The number of carbonyl (C=O) groups excluding carboxylic acids is 2. The van der Waals surface area contributed by atoms with Crippen molar-refractivity contribution in [3.63, 3.8) is 0 Å². The van der Waals surface area contributed by atoms with Crippen LogP contribution >= 0.6 is 11.6 Å². The SMILES string of the molecule is NC(=O)COc1ccc(CNC(=O)COc2ccc(-c3ccccc3)cc2Cl)cc1. The Kier molecular flexibility index (Phi) is 7.29. The number of rotatable bonds is 9. The van der Waals surface area contributed by atoms with Gasteiger partial charge in [-0.3, -0.25) is 9.59 Å². The monoisotopic (exact) mass is 424 g/mol. The quantitative estimate of drug-likeness (QED) is 0.549. The van der Waals surface area contributed by atoms with Crippen LogP contribution in [0.3, 0.4) is 0 Å². The molecule has 0 heterocycles. The molecule has 0 aromatic heterocycles. The van der Waals surface area contributed by atoms with Crippen molar-refractivity contribution in [3.05, 3.63) is 83.4 Å². The number of halogens is 1. The maximum absolute atomic E-state index is 12.1. The second-order valence-electron chi connectivity index (χ2n) is 6.48. The average Bonchev–Trinajstić information content (AvgIpc) is 2.76. The highest BCUT2D eigenvalue weighted by atomic mass is 35.5. The molecule has 0 saturated carbocycles. The Labute approximate surface area is 179 Å². The van der Waals surface area contributed by atoms with Crippen molar-refractivity contribution in [1.29, 1.82) is 0 Å². The Morgan fingerprint density at radius 3 is 2.27 bits per heavy atom. The molecule has 0 fully saturated rings. The lowest BCUT2D eigenvalue weighted by molar-refractivity contribution is -0.123. The van der Waals surface area contributed by atoms with Gasteiger partial charge in [-0.1, -0.05) is 60.1 Å². The molecule has 30 heavy (non-hydrogen) atoms. The van der Waals surface area contributed by atoms with Gasteiger partial charge in [-0.2, -0.15) is 0 Å². The lowest BCUT2D eigenvalue weighted by Gasteiger charge is -2.11. The van der Waals surface area contributed by atoms with Crippen LogP contribution in [0.5, 0.6) is 11.5 Å². The van der Waals surface area contributed by atoms with Gasteiger partial charge in [0, 0.05) is 6.54 Å². The maximum Gasteiger partial charge on any atom is 0.258 e. The van der Waals surface area contributed by atoms with Gasteiger partial charge in [0.05, 0.1) is 5.02 Å². The Morgan fingerprint density at radius 2 is 1.60 bits per heavy atom. The van der Waals surface area contributed by atoms with Crippen molar-refractivity contribution in [1.82, 2.24) is 5.32 Å². The molecule has 0 saturated heterocycles. The summed E-state index contributed by atoms with van der Waals surface area (Å²) < 4.78 is 10.7. The number of amides is 2. The lowest BCUT2D eigenvalue weighted by Crippen LogP contribution is -2.28. The van der Waals surface area contributed by atoms with Crippen LogP contribution in [0, 0.1) is 0 Å². The molecule has 2 amide bonds. The molecular weight excluding hydrogens is 404 g/mol. The van der Waals surface area contributed by atoms with Crippen molar-refractivity contribution in [2.24, 2.45) is 5.73 Å². The summed E-state index contributed by atoms with van der Waals surface area (Å²) in [5.41, 5.74) is 7.93. The van der Waals surface area contributed by atoms with Crippen LogP contribution in [0.2, 0.25) is 5.02 Å². The van der Waals surface area contributed by atoms with Crippen molar-refractivity contribution in [3.8, 4) is 22.6 Å². The van der Waals surface area contributed by atoms with E-state index in [2.05, 4.69) is 5.32 Å². The first kappa shape index (κ1) is 21.2. The molecule has 3 N–H and O–H groups in total. The molecule has 0 radical (unpaired) electrons. The summed E-state index contributed by atoms with van der Waals surface area (Å²) in [5, 5.41) is 3.21. The van der Waals surface area contributed by atoms with Gasteiger partial charge in [0.1, 0.15) is 11.5 Å². The van der Waals surface area contributed by atoms with Crippen LogP contribution < -0.4 is 20.5 Å². The van der Waals surface area contributed by atoms with Gasteiger partial charge in [-0.15, -0.1) is 0 Å². The fourth-order valence-electron chi connectivity index (χ4n) is 2.68. The summed E-state index contributed by atoms with van der Waals surface area (Å²) in [7, 11) is 0. The summed E-state index contributed by atoms with van der Waals surface area (Å²) in [6, 6.07) is 22.3. The molecule has 3 aromatic carbocycles. The minimum absolute atomic E-state index is 0.149. The fraction of sp³-hybridized carbons (Fsp3) is 0.130. The zero-order valence-electron chi connectivity index (χ0n) is 16.1. The first-order valence-electron chi connectivity index (χ1n) is 9.26. The number of nitrogens with two attached hydrogens (primary N) is 1. The Bertz CT molecular complexity index is 1010. The van der Waals surface area contributed by atoms with E-state index < -0.39 is 5.91 Å². The third-order valence-corrected chi connectivity index (χ3v) is 4.49. The second-order valence-corrected chi connectivity index (χ2v) is 6.88. The molecule has 7 heteroatoms. The third-order valence-electron chi connectivity index (χ3n) is 4.19. The molecular formula is C23H21ClN2O4. The first-order valence-corrected chi connectivity index (χ1v) is 9.63. The van der Waals surface area contributed by atoms with Crippen LogP contribution in [-0.4, -0.2) is 25.0 Å². The van der Waals surface area contributed by atoms with E-state index in [1.165, 1.54) is 0 Å². The van der Waals surface area contributed by atoms with E-state index in [4.69, 9.17) is 26.8 Å². The third kappa shape index (κ3) is 6.25. The number of nitrogens with one attached hydrogen (secondary N) is 1. The molecule has 3 aromatic rings. The lowest BCUT2D eigenvalue weighted by atomic mass is 10.1. The van der Waals surface area contributed by atoms with Crippen LogP contribution in [0.4, 0.5) is 0 Å². The minimum Gasteiger partial charge on any atom is -0.484 e. The van der Waals surface area contributed by atoms with Crippen LogP contribution in [-0.2, 0) is 16.1 Å². The summed E-state index contributed by atoms with van der Waals surface area (Å²) in [6.45, 7) is 0.00545. The minimum atomic E-state index is -0.541. The molecule has 0 atom stereocenters. The van der Waals surface area contributed by atoms with Crippen molar-refractivity contribution >= 4 is 23.4 Å². The highest BCUT2D eigenvalue weighted by molar-refractivity contribution is 6.32. The first-order chi connectivity index (χ1) is 14.5. The second kappa shape index (κ2) is 10.3. The summed E-state index contributed by atoms with van der Waals surface area (Å²) in [6.07, 6.45) is 0. The zero-order chi connectivity index (χ0) is 21.3. The van der Waals surface area contributed by atoms with Gasteiger partial charge >= 0.3 is 0 Å². The standard InChI is InChI=1S/C23H21ClN2O4/c24-20-12-18(17-4-2-1-3-5-17)8-11-21(20)30-15-23(28)26-13-16-6-9-19(10-7-16)29-14-22(25)27/h1-12H,13-15H2,(H2,25,27)(H,26,28). The predicted molar refractivity (Wildman–Crippen MR) is 115 cm³/mol. The molecule has 0 aliphatic carbocycles. The van der Waals surface area contributed by atoms with Gasteiger partial charge < -0.3 is 20.5 Å². The molecule has 0 bridgehead atoms. The van der Waals surface area contributed by atoms with Gasteiger partial charge in [-0.05, 0) is 41.0 Å². The molecule has 3 rings (SSSR count). The highest BCUT2D eigenvalue weighted by Gasteiger charge is 2.08. The summed E-state index contributed by atoms with van der Waals surface area (Å²) in [4.78, 5) is 22.8. The Hall–Kier alpha value is -3.51. The van der Waals surface area contributed by atoms with Gasteiger partial charge in [0.25, 0.3) is 11.8 Å². The van der Waals surface area contributed by atoms with E-state index in [1.807, 2.05) is 42.5 Å². The van der Waals surface area contributed by atoms with Crippen molar-refractivity contribution < 1.29 is 19.1 Å². The summed E-state index contributed by atoms with van der Waals surface area (Å²) >= 11 is 6.30. The van der Waals surface area contributed by atoms with Gasteiger partial charge in [0.2, 0.25) is 0 Å². The average molecular weight is 425 g/mol. The van der Waals surface area contributed by atoms with Gasteiger partial charge in [-0.25, -0.2) is 0 Å². The number of carbonyl (C=O) groups is 2. The molecule has 154 valence electrons. The number of primary amides is 1.